The Morgan fingerprint density at radius 3 is 1.97 bits per heavy atom. The number of fused-ring (bicyclic) bond motifs is 1. The highest BCUT2D eigenvalue weighted by molar-refractivity contribution is 14.1. The number of piperazine rings is 1. The monoisotopic (exact) mass is 1400 g/mol. The number of nitrogens with zero attached hydrogens (tertiary/aromatic N) is 10. The van der Waals surface area contributed by atoms with Crippen LogP contribution in [0.15, 0.2) is 59.8 Å². The van der Waals surface area contributed by atoms with Gasteiger partial charge in [-0.1, -0.05) is 18.6 Å². The van der Waals surface area contributed by atoms with Gasteiger partial charge in [-0.2, -0.15) is 10.4 Å². The fraction of sp³-hybridized carbons (Fsp3) is 0.603. The van der Waals surface area contributed by atoms with Gasteiger partial charge in [0.1, 0.15) is 18.0 Å². The van der Waals surface area contributed by atoms with Gasteiger partial charge in [-0.15, -0.1) is 0 Å². The van der Waals surface area contributed by atoms with Crippen LogP contribution in [0.3, 0.4) is 0 Å². The second-order valence-electron chi connectivity index (χ2n) is 23.5. The van der Waals surface area contributed by atoms with Crippen molar-refractivity contribution in [1.29, 1.82) is 5.26 Å². The van der Waals surface area contributed by atoms with E-state index < -0.39 is 67.4 Å². The number of halogens is 3. The number of rotatable bonds is 35. The summed E-state index contributed by atoms with van der Waals surface area (Å²) in [5, 5.41) is 51.6. The van der Waals surface area contributed by atoms with E-state index in [0.717, 1.165) is 73.1 Å². The van der Waals surface area contributed by atoms with Gasteiger partial charge in [-0.25, -0.2) is 8.78 Å². The van der Waals surface area contributed by atoms with Crippen LogP contribution in [-0.2, 0) is 40.0 Å². The van der Waals surface area contributed by atoms with Crippen LogP contribution in [0.5, 0.6) is 5.75 Å². The number of carboxylic acids is 3. The maximum atomic E-state index is 13.9. The Labute approximate surface area is 549 Å². The molecule has 3 saturated heterocycles. The fourth-order valence-electron chi connectivity index (χ4n) is 11.2. The molecule has 0 spiro atoms. The van der Waals surface area contributed by atoms with Crippen LogP contribution in [-0.4, -0.2) is 264 Å². The molecule has 1 aromatic heterocycles. The molecule has 504 valence electrons. The zero-order valence-corrected chi connectivity index (χ0v) is 54.5. The molecular weight excluding hydrogens is 1310 g/mol. The molecule has 92 heavy (non-hydrogen) atoms. The number of hydrogen-bond donors (Lipinski definition) is 7. The van der Waals surface area contributed by atoms with Gasteiger partial charge in [-0.05, 0) is 135 Å². The number of aliphatic carboxylic acids is 3. The number of nitrogens with one attached hydrogen (secondary N) is 4. The molecule has 3 aliphatic rings. The van der Waals surface area contributed by atoms with Crippen molar-refractivity contribution in [3.05, 3.63) is 69.4 Å². The van der Waals surface area contributed by atoms with E-state index >= 15 is 0 Å². The molecule has 0 radical (unpaired) electrons. The number of amides is 5. The third kappa shape index (κ3) is 27.5. The summed E-state index contributed by atoms with van der Waals surface area (Å²) in [4.78, 5) is 117. The van der Waals surface area contributed by atoms with Crippen molar-refractivity contribution in [2.24, 2.45) is 5.10 Å². The van der Waals surface area contributed by atoms with Crippen LogP contribution in [0, 0.1) is 14.9 Å². The molecule has 0 saturated carbocycles. The number of alkyl halides is 2. The van der Waals surface area contributed by atoms with Crippen molar-refractivity contribution in [3.63, 3.8) is 0 Å². The standard InChI is InChI=1S/C63H89F2IN14O12/c64-63(65)39-49(40-67)80(46-63)58(84)41-70-62(91)51-20-23-68-53-19-18-50(38-52(51)53)92-37-8-7-24-74-33-35-79(36-34-74)57(83)13-3-1-2-5-22-71-73-54(11-4-6-21-69-55(81)12-9-10-47-14-16-48(66)17-15-47)72-56(82)42-75-25-27-76(43-59(85)86)29-31-78(45-61(89)90)32-30-77(28-26-75)44-60(87)88/h14-20,22-23,38,49,54,73H,1-13,21,24-37,39,41-46H2,(H,69,81)(H,70,91)(H,72,82)(H,85,86)(H,87,88)(H,89,90)/b71-22+/t49-,54-/m1/s1. The second-order valence-corrected chi connectivity index (χ2v) is 24.7. The second kappa shape index (κ2) is 39.3. The zero-order chi connectivity index (χ0) is 66.3. The molecule has 4 heterocycles. The van der Waals surface area contributed by atoms with E-state index in [-0.39, 0.29) is 102 Å². The van der Waals surface area contributed by atoms with Crippen LogP contribution in [0.4, 0.5) is 8.78 Å². The van der Waals surface area contributed by atoms with Crippen molar-refractivity contribution in [3.8, 4) is 11.8 Å². The number of ether oxygens (including phenoxy) is 1. The van der Waals surface area contributed by atoms with Crippen molar-refractivity contribution < 1.29 is 67.2 Å². The number of aryl methyl sites for hydroxylation is 1. The van der Waals surface area contributed by atoms with Gasteiger partial charge in [0.15, 0.2) is 0 Å². The maximum Gasteiger partial charge on any atom is 0.317 e. The van der Waals surface area contributed by atoms with Gasteiger partial charge in [0.05, 0.1) is 63.0 Å². The van der Waals surface area contributed by atoms with Crippen LogP contribution in [0.2, 0.25) is 0 Å². The molecule has 29 heteroatoms. The first-order valence-corrected chi connectivity index (χ1v) is 32.8. The van der Waals surface area contributed by atoms with E-state index in [1.807, 2.05) is 21.9 Å². The number of pyridine rings is 1. The molecule has 3 aliphatic heterocycles. The lowest BCUT2D eigenvalue weighted by molar-refractivity contribution is -0.140. The normalized spacial score (nSPS) is 17.7. The van der Waals surface area contributed by atoms with Gasteiger partial charge in [0, 0.05) is 126 Å². The Hall–Kier alpha value is -7.24. The topological polar surface area (TPSA) is 326 Å². The first-order chi connectivity index (χ1) is 44.2. The highest BCUT2D eigenvalue weighted by atomic mass is 127. The lowest BCUT2D eigenvalue weighted by Crippen LogP contribution is -2.51. The number of nitriles is 1. The number of carbonyl (C=O) groups excluding carboxylic acids is 5. The summed E-state index contributed by atoms with van der Waals surface area (Å²) in [5.41, 5.74) is 5.03. The van der Waals surface area contributed by atoms with Crippen LogP contribution < -0.4 is 26.1 Å². The Morgan fingerprint density at radius 1 is 0.707 bits per heavy atom. The molecule has 2 aromatic carbocycles. The van der Waals surface area contributed by atoms with E-state index in [9.17, 15) is 67.7 Å². The summed E-state index contributed by atoms with van der Waals surface area (Å²) in [6.45, 7) is 4.32. The lowest BCUT2D eigenvalue weighted by atomic mass is 10.1. The molecule has 0 bridgehead atoms. The van der Waals surface area contributed by atoms with E-state index in [0.29, 0.717) is 81.4 Å². The molecule has 0 unspecified atom stereocenters. The zero-order valence-electron chi connectivity index (χ0n) is 52.3. The number of hydrazone groups is 1. The molecule has 26 nitrogen and oxygen atoms in total. The van der Waals surface area contributed by atoms with E-state index in [1.165, 1.54) is 17.8 Å². The van der Waals surface area contributed by atoms with E-state index in [4.69, 9.17) is 4.74 Å². The van der Waals surface area contributed by atoms with Crippen molar-refractivity contribution in [1.82, 2.24) is 60.7 Å². The van der Waals surface area contributed by atoms with Crippen molar-refractivity contribution in [2.45, 2.75) is 108 Å². The quantitative estimate of drug-likeness (QED) is 0.0146. The fourth-order valence-corrected chi connectivity index (χ4v) is 11.5. The summed E-state index contributed by atoms with van der Waals surface area (Å²) < 4.78 is 35.0. The predicted octanol–water partition coefficient (Wildman–Crippen LogP) is 3.39. The van der Waals surface area contributed by atoms with Crippen molar-refractivity contribution >= 4 is 87.2 Å². The highest BCUT2D eigenvalue weighted by Crippen LogP contribution is 2.32. The maximum absolute atomic E-state index is 13.9. The molecule has 0 aliphatic carbocycles. The van der Waals surface area contributed by atoms with Crippen LogP contribution in [0.25, 0.3) is 10.9 Å². The molecule has 3 fully saturated rings. The number of unbranched alkanes of at least 4 members (excludes halogenated alkanes) is 5. The lowest BCUT2D eigenvalue weighted by Gasteiger charge is -2.34. The molecule has 5 amide bonds. The number of likely N-dealkylation sites (tertiary alicyclic amines) is 1. The molecule has 2 atom stereocenters. The van der Waals surface area contributed by atoms with Gasteiger partial charge in [-0.3, -0.25) is 73.3 Å². The van der Waals surface area contributed by atoms with Gasteiger partial charge in [0.2, 0.25) is 23.6 Å². The minimum absolute atomic E-state index is 0.0238. The van der Waals surface area contributed by atoms with Crippen LogP contribution in [0.1, 0.15) is 99.4 Å². The van der Waals surface area contributed by atoms with Gasteiger partial charge >= 0.3 is 17.9 Å². The van der Waals surface area contributed by atoms with E-state index in [2.05, 4.69) is 71.1 Å². The first-order valence-electron chi connectivity index (χ1n) is 31.7. The number of carboxylic acid groups (broad SMARTS) is 3. The molecular formula is C63H89F2IN14O12. The van der Waals surface area contributed by atoms with Crippen LogP contribution >= 0.6 is 22.6 Å². The molecule has 6 rings (SSSR count). The Bertz CT molecular complexity index is 2940. The number of hydrogen-bond acceptors (Lipinski definition) is 18. The van der Waals surface area contributed by atoms with E-state index in [1.54, 1.807) is 45.2 Å². The first kappa shape index (κ1) is 73.8. The average molecular weight is 1400 g/mol. The smallest absolute Gasteiger partial charge is 0.317 e. The highest BCUT2D eigenvalue weighted by Gasteiger charge is 2.47. The van der Waals surface area contributed by atoms with Crippen molar-refractivity contribution in [2.75, 3.05) is 138 Å². The Balaban J connectivity index is 0.894. The summed E-state index contributed by atoms with van der Waals surface area (Å²) in [6.07, 6.45) is 10.6. The van der Waals surface area contributed by atoms with Gasteiger partial charge in [0.25, 0.3) is 11.8 Å². The third-order valence-electron chi connectivity index (χ3n) is 16.2. The largest absolute Gasteiger partial charge is 0.494 e. The minimum atomic E-state index is -3.17. The summed E-state index contributed by atoms with van der Waals surface area (Å²) >= 11 is 2.26. The Kier molecular flexibility index (Phi) is 31.6. The molecule has 3 aromatic rings. The third-order valence-corrected chi connectivity index (χ3v) is 17.0. The minimum Gasteiger partial charge on any atom is -0.494 e. The predicted molar refractivity (Wildman–Crippen MR) is 347 cm³/mol. The molecule has 7 N–H and O–H groups in total. The number of carbonyl (C=O) groups is 8. The SMILES string of the molecule is N#C[C@H]1CC(F)(F)CN1C(=O)CNC(=O)c1ccnc2ccc(OCCCCN3CCN(C(=O)CCCCC/C=N/N[C@H](CCCCNC(=O)CCCc4ccc(I)cc4)NC(=O)CN4CCN(CC(=O)O)CCN(CC(=O)O)CCN(CC(=O)O)CC4)CC3)cc12. The summed E-state index contributed by atoms with van der Waals surface area (Å²) in [7, 11) is 0. The van der Waals surface area contributed by atoms with Gasteiger partial charge < -0.3 is 45.8 Å². The number of benzene rings is 2. The average Bonchev–Trinajstić information content (AvgIpc) is 1.32. The Morgan fingerprint density at radius 2 is 1.34 bits per heavy atom. The number of aromatic nitrogens is 1. The summed E-state index contributed by atoms with van der Waals surface area (Å²) in [6, 6.07) is 15.4. The summed E-state index contributed by atoms with van der Waals surface area (Å²) in [5.74, 6) is -7.37.